The number of anilines is 1. The van der Waals surface area contributed by atoms with E-state index in [1.54, 1.807) is 49.4 Å². The molecular weight excluding hydrogens is 525 g/mol. The van der Waals surface area contributed by atoms with Gasteiger partial charge in [0.1, 0.15) is 11.8 Å². The molecule has 0 heterocycles. The molecule has 2 amide bonds. The van der Waals surface area contributed by atoms with Gasteiger partial charge in [-0.2, -0.15) is 0 Å². The Kier molecular flexibility index (Phi) is 10.9. The summed E-state index contributed by atoms with van der Waals surface area (Å²) in [5, 5.41) is 3.68. The van der Waals surface area contributed by atoms with Gasteiger partial charge in [0.15, 0.2) is 0 Å². The molecule has 8 nitrogen and oxygen atoms in total. The molecule has 2 aromatic carbocycles. The van der Waals surface area contributed by atoms with Gasteiger partial charge in [-0.25, -0.2) is 8.42 Å². The zero-order valence-corrected chi connectivity index (χ0v) is 23.5. The number of methoxy groups -OCH3 is 1. The minimum absolute atomic E-state index is 0.0283. The van der Waals surface area contributed by atoms with Crippen LogP contribution in [0.25, 0.3) is 0 Å². The predicted octanol–water partition coefficient (Wildman–Crippen LogP) is 4.49. The largest absolute Gasteiger partial charge is 0.497 e. The number of carbonyl (C=O) groups excluding carboxylic acids is 2. The third-order valence-electron chi connectivity index (χ3n) is 5.45. The first-order valence-electron chi connectivity index (χ1n) is 11.5. The fourth-order valence-electron chi connectivity index (χ4n) is 3.59. The first-order valence-corrected chi connectivity index (χ1v) is 14.1. The highest BCUT2D eigenvalue weighted by molar-refractivity contribution is 7.92. The number of ether oxygens (including phenoxy) is 1. The van der Waals surface area contributed by atoms with Crippen molar-refractivity contribution >= 4 is 50.7 Å². The van der Waals surface area contributed by atoms with Crippen LogP contribution in [0, 0.1) is 0 Å². The molecule has 0 radical (unpaired) electrons. The van der Waals surface area contributed by atoms with Crippen molar-refractivity contribution in [3.05, 3.63) is 58.1 Å². The average molecular weight is 559 g/mol. The van der Waals surface area contributed by atoms with E-state index in [9.17, 15) is 18.0 Å². The van der Waals surface area contributed by atoms with Gasteiger partial charge in [-0.15, -0.1) is 0 Å². The van der Waals surface area contributed by atoms with Crippen molar-refractivity contribution in [2.45, 2.75) is 52.2 Å². The highest BCUT2D eigenvalue weighted by Gasteiger charge is 2.27. The molecule has 0 aliphatic rings. The number of halogens is 2. The number of nitrogens with one attached hydrogen (secondary N) is 1. The molecule has 0 spiro atoms. The van der Waals surface area contributed by atoms with Gasteiger partial charge in [0.2, 0.25) is 21.8 Å². The Morgan fingerprint density at radius 1 is 1.08 bits per heavy atom. The number of hydrogen-bond acceptors (Lipinski definition) is 5. The molecule has 0 fully saturated rings. The highest BCUT2D eigenvalue weighted by Crippen LogP contribution is 2.25. The molecule has 0 aromatic heterocycles. The van der Waals surface area contributed by atoms with Crippen LogP contribution in [0.3, 0.4) is 0 Å². The number of carbonyl (C=O) groups is 2. The Bertz CT molecular complexity index is 1170. The van der Waals surface area contributed by atoms with E-state index < -0.39 is 16.1 Å². The first-order chi connectivity index (χ1) is 16.8. The van der Waals surface area contributed by atoms with Crippen molar-refractivity contribution in [2.75, 3.05) is 24.2 Å². The van der Waals surface area contributed by atoms with Gasteiger partial charge in [0, 0.05) is 41.7 Å². The standard InChI is InChI=1S/C25H33Cl2N3O5S/c1-17(2)28-25(32)18(3)29(16-19-11-12-20(26)14-23(19)27)24(31)10-7-13-30(36(5,33)34)21-8-6-9-22(15-21)35-4/h6,8-9,11-12,14-15,17-18H,7,10,13,16H2,1-5H3,(H,28,32)/t18-/m0/s1. The van der Waals surface area contributed by atoms with E-state index >= 15 is 0 Å². The summed E-state index contributed by atoms with van der Waals surface area (Å²) < 4.78 is 31.4. The van der Waals surface area contributed by atoms with Gasteiger partial charge < -0.3 is 15.0 Å². The molecule has 36 heavy (non-hydrogen) atoms. The van der Waals surface area contributed by atoms with Crippen LogP contribution in [-0.2, 0) is 26.2 Å². The number of nitrogens with zero attached hydrogens (tertiary/aromatic N) is 2. The van der Waals surface area contributed by atoms with Crippen LogP contribution in [0.4, 0.5) is 5.69 Å². The van der Waals surface area contributed by atoms with Crippen molar-refractivity contribution in [1.29, 1.82) is 0 Å². The molecule has 0 unspecified atom stereocenters. The van der Waals surface area contributed by atoms with Crippen LogP contribution in [0.1, 0.15) is 39.2 Å². The minimum atomic E-state index is -3.60. The summed E-state index contributed by atoms with van der Waals surface area (Å²) in [5.74, 6) is -0.0719. The lowest BCUT2D eigenvalue weighted by molar-refractivity contribution is -0.140. The van der Waals surface area contributed by atoms with Crippen molar-refractivity contribution in [3.63, 3.8) is 0 Å². The number of amides is 2. The van der Waals surface area contributed by atoms with Gasteiger partial charge in [0.05, 0.1) is 19.1 Å². The van der Waals surface area contributed by atoms with Crippen molar-refractivity contribution in [1.82, 2.24) is 10.2 Å². The maximum atomic E-state index is 13.3. The molecule has 0 aliphatic carbocycles. The van der Waals surface area contributed by atoms with Gasteiger partial charge in [-0.1, -0.05) is 35.3 Å². The Morgan fingerprint density at radius 2 is 1.78 bits per heavy atom. The summed E-state index contributed by atoms with van der Waals surface area (Å²) >= 11 is 12.3. The van der Waals surface area contributed by atoms with Gasteiger partial charge in [0.25, 0.3) is 0 Å². The lowest BCUT2D eigenvalue weighted by Gasteiger charge is -2.30. The monoisotopic (exact) mass is 557 g/mol. The van der Waals surface area contributed by atoms with Crippen LogP contribution in [0.15, 0.2) is 42.5 Å². The van der Waals surface area contributed by atoms with Crippen LogP contribution in [0.2, 0.25) is 10.0 Å². The van der Waals surface area contributed by atoms with Crippen molar-refractivity contribution in [3.8, 4) is 5.75 Å². The Morgan fingerprint density at radius 3 is 2.36 bits per heavy atom. The van der Waals surface area contributed by atoms with E-state index in [-0.39, 0.29) is 43.8 Å². The van der Waals surface area contributed by atoms with E-state index in [4.69, 9.17) is 27.9 Å². The number of rotatable bonds is 12. The molecule has 198 valence electrons. The summed E-state index contributed by atoms with van der Waals surface area (Å²) in [4.78, 5) is 27.5. The summed E-state index contributed by atoms with van der Waals surface area (Å²) in [7, 11) is -2.10. The van der Waals surface area contributed by atoms with Gasteiger partial charge >= 0.3 is 0 Å². The van der Waals surface area contributed by atoms with Gasteiger partial charge in [-0.05, 0) is 57.0 Å². The molecule has 1 N–H and O–H groups in total. The quantitative estimate of drug-likeness (QED) is 0.414. The summed E-state index contributed by atoms with van der Waals surface area (Å²) in [6.45, 7) is 5.52. The smallest absolute Gasteiger partial charge is 0.242 e. The van der Waals surface area contributed by atoms with Crippen molar-refractivity contribution < 1.29 is 22.7 Å². The molecule has 2 aromatic rings. The third kappa shape index (κ3) is 8.57. The molecule has 11 heteroatoms. The summed E-state index contributed by atoms with van der Waals surface area (Å²) in [5.41, 5.74) is 1.09. The lowest BCUT2D eigenvalue weighted by Crippen LogP contribution is -2.49. The molecule has 0 aliphatic heterocycles. The van der Waals surface area contributed by atoms with E-state index in [2.05, 4.69) is 5.32 Å². The first kappa shape index (κ1) is 29.7. The Balaban J connectivity index is 2.21. The number of hydrogen-bond donors (Lipinski definition) is 1. The molecule has 0 bridgehead atoms. The average Bonchev–Trinajstić information content (AvgIpc) is 2.79. The van der Waals surface area contributed by atoms with E-state index in [0.29, 0.717) is 27.0 Å². The fourth-order valence-corrected chi connectivity index (χ4v) is 5.02. The third-order valence-corrected chi connectivity index (χ3v) is 7.23. The fraction of sp³-hybridized carbons (Fsp3) is 0.440. The maximum absolute atomic E-state index is 13.3. The topological polar surface area (TPSA) is 96.0 Å². The number of benzene rings is 2. The summed E-state index contributed by atoms with van der Waals surface area (Å²) in [6, 6.07) is 10.8. The minimum Gasteiger partial charge on any atom is -0.497 e. The second kappa shape index (κ2) is 13.2. The maximum Gasteiger partial charge on any atom is 0.242 e. The second-order valence-corrected chi connectivity index (χ2v) is 11.5. The zero-order chi connectivity index (χ0) is 27.0. The van der Waals surface area contributed by atoms with Crippen molar-refractivity contribution in [2.24, 2.45) is 0 Å². The Labute approximate surface area is 223 Å². The van der Waals surface area contributed by atoms with Crippen LogP contribution < -0.4 is 14.4 Å². The second-order valence-electron chi connectivity index (χ2n) is 8.74. The lowest BCUT2D eigenvalue weighted by atomic mass is 10.1. The molecule has 2 rings (SSSR count). The Hall–Kier alpha value is -2.49. The van der Waals surface area contributed by atoms with E-state index in [1.807, 2.05) is 13.8 Å². The number of sulfonamides is 1. The molecule has 0 saturated heterocycles. The van der Waals surface area contributed by atoms with E-state index in [1.165, 1.54) is 16.3 Å². The van der Waals surface area contributed by atoms with Gasteiger partial charge in [-0.3, -0.25) is 13.9 Å². The zero-order valence-electron chi connectivity index (χ0n) is 21.1. The highest BCUT2D eigenvalue weighted by atomic mass is 35.5. The molecular formula is C25H33Cl2N3O5S. The normalized spacial score (nSPS) is 12.2. The van der Waals surface area contributed by atoms with Crippen LogP contribution in [0.5, 0.6) is 5.75 Å². The van der Waals surface area contributed by atoms with E-state index in [0.717, 1.165) is 6.26 Å². The predicted molar refractivity (Wildman–Crippen MR) is 144 cm³/mol. The molecule has 0 saturated carbocycles. The van der Waals surface area contributed by atoms with Crippen LogP contribution in [-0.4, -0.2) is 57.1 Å². The SMILES string of the molecule is COc1cccc(N(CCCC(=O)N(Cc2ccc(Cl)cc2Cl)[C@@H](C)C(=O)NC(C)C)S(C)(=O)=O)c1. The summed E-state index contributed by atoms with van der Waals surface area (Å²) in [6.07, 6.45) is 1.38. The van der Waals surface area contributed by atoms with Crippen LogP contribution >= 0.6 is 23.2 Å². The molecule has 1 atom stereocenters.